The number of aryl methyl sites for hydroxylation is 1. The number of sulfone groups is 1. The zero-order valence-electron chi connectivity index (χ0n) is 14.0. The largest absolute Gasteiger partial charge is 0.284 e. The molecule has 2 rings (SSSR count). The summed E-state index contributed by atoms with van der Waals surface area (Å²) in [4.78, 5) is 15.2. The van der Waals surface area contributed by atoms with E-state index >= 15 is 0 Å². The number of benzene rings is 1. The number of nitro benzene ring substituents is 1. The molecule has 25 heavy (non-hydrogen) atoms. The maximum atomic E-state index is 11.6. The van der Waals surface area contributed by atoms with Crippen LogP contribution in [0.4, 0.5) is 5.69 Å². The Bertz CT molecular complexity index is 1020. The molecule has 0 N–H and O–H groups in total. The molecular weight excluding hydrogens is 362 g/mol. The second kappa shape index (κ2) is 6.82. The van der Waals surface area contributed by atoms with Gasteiger partial charge in [-0.2, -0.15) is 5.26 Å². The van der Waals surface area contributed by atoms with E-state index in [1.165, 1.54) is 12.1 Å². The first-order valence-electron chi connectivity index (χ1n) is 7.10. The van der Waals surface area contributed by atoms with Gasteiger partial charge in [-0.15, -0.1) is 0 Å². The lowest BCUT2D eigenvalue weighted by molar-refractivity contribution is -0.388. The molecular formula is C16H15N3O4S2. The van der Waals surface area contributed by atoms with E-state index in [1.807, 2.05) is 6.92 Å². The Morgan fingerprint density at radius 2 is 1.88 bits per heavy atom. The SMILES string of the molecule is Cc1nc(Sc2ccc(S(C)(=O)=O)cc2[N+](=O)[O-])c(C#N)c(C)c1C. The van der Waals surface area contributed by atoms with Crippen molar-refractivity contribution >= 4 is 27.3 Å². The van der Waals surface area contributed by atoms with Gasteiger partial charge < -0.3 is 0 Å². The zero-order chi connectivity index (χ0) is 18.9. The minimum absolute atomic E-state index is 0.131. The molecule has 0 spiro atoms. The Morgan fingerprint density at radius 3 is 2.40 bits per heavy atom. The third-order valence-electron chi connectivity index (χ3n) is 3.84. The third kappa shape index (κ3) is 3.81. The van der Waals surface area contributed by atoms with Crippen LogP contribution < -0.4 is 0 Å². The van der Waals surface area contributed by atoms with Crippen LogP contribution in [0.1, 0.15) is 22.4 Å². The van der Waals surface area contributed by atoms with Crippen LogP contribution in [0.15, 0.2) is 33.0 Å². The summed E-state index contributed by atoms with van der Waals surface area (Å²) in [7, 11) is -3.56. The fraction of sp³-hybridized carbons (Fsp3) is 0.250. The lowest BCUT2D eigenvalue weighted by Gasteiger charge is -2.11. The van der Waals surface area contributed by atoms with Crippen molar-refractivity contribution in [3.05, 3.63) is 50.7 Å². The van der Waals surface area contributed by atoms with Crippen molar-refractivity contribution in [3.63, 3.8) is 0 Å². The number of hydrogen-bond acceptors (Lipinski definition) is 7. The van der Waals surface area contributed by atoms with Gasteiger partial charge in [0.05, 0.1) is 20.3 Å². The highest BCUT2D eigenvalue weighted by atomic mass is 32.2. The van der Waals surface area contributed by atoms with E-state index in [9.17, 15) is 23.8 Å². The van der Waals surface area contributed by atoms with Crippen molar-refractivity contribution in [2.24, 2.45) is 0 Å². The lowest BCUT2D eigenvalue weighted by Crippen LogP contribution is -2.01. The monoisotopic (exact) mass is 377 g/mol. The van der Waals surface area contributed by atoms with Gasteiger partial charge in [-0.1, -0.05) is 11.8 Å². The van der Waals surface area contributed by atoms with Gasteiger partial charge in [0.25, 0.3) is 5.69 Å². The van der Waals surface area contributed by atoms with Crippen molar-refractivity contribution in [1.29, 1.82) is 5.26 Å². The van der Waals surface area contributed by atoms with E-state index in [2.05, 4.69) is 11.1 Å². The molecule has 0 saturated heterocycles. The maximum Gasteiger partial charge on any atom is 0.284 e. The highest BCUT2D eigenvalue weighted by Crippen LogP contribution is 2.38. The molecule has 0 amide bonds. The summed E-state index contributed by atoms with van der Waals surface area (Å²) in [5, 5.41) is 21.1. The first kappa shape index (κ1) is 18.9. The quantitative estimate of drug-likeness (QED) is 0.593. The van der Waals surface area contributed by atoms with Crippen LogP contribution in [0.25, 0.3) is 0 Å². The van der Waals surface area contributed by atoms with Gasteiger partial charge in [-0.25, -0.2) is 13.4 Å². The number of pyridine rings is 1. The van der Waals surface area contributed by atoms with Crippen molar-refractivity contribution in [2.45, 2.75) is 35.6 Å². The van der Waals surface area contributed by atoms with E-state index in [4.69, 9.17) is 0 Å². The summed E-state index contributed by atoms with van der Waals surface area (Å²) >= 11 is 0.980. The van der Waals surface area contributed by atoms with Crippen molar-refractivity contribution in [2.75, 3.05) is 6.26 Å². The molecule has 0 aliphatic heterocycles. The molecule has 130 valence electrons. The average molecular weight is 377 g/mol. The van der Waals surface area contributed by atoms with Gasteiger partial charge in [0.15, 0.2) is 9.84 Å². The van der Waals surface area contributed by atoms with E-state index < -0.39 is 14.8 Å². The number of nitro groups is 1. The molecule has 0 saturated carbocycles. The van der Waals surface area contributed by atoms with Crippen molar-refractivity contribution in [1.82, 2.24) is 4.98 Å². The Labute approximate surface area is 149 Å². The highest BCUT2D eigenvalue weighted by Gasteiger charge is 2.22. The molecule has 0 radical (unpaired) electrons. The Kier molecular flexibility index (Phi) is 5.15. The smallest absolute Gasteiger partial charge is 0.258 e. The van der Waals surface area contributed by atoms with E-state index in [0.29, 0.717) is 10.6 Å². The molecule has 0 aliphatic carbocycles. The fourth-order valence-electron chi connectivity index (χ4n) is 2.18. The number of nitriles is 1. The van der Waals surface area contributed by atoms with Crippen LogP contribution in [-0.2, 0) is 9.84 Å². The van der Waals surface area contributed by atoms with Crippen LogP contribution in [0.5, 0.6) is 0 Å². The Balaban J connectivity index is 2.63. The fourth-order valence-corrected chi connectivity index (χ4v) is 3.88. The number of rotatable bonds is 4. The summed E-state index contributed by atoms with van der Waals surface area (Å²) in [5.74, 6) is 0. The van der Waals surface area contributed by atoms with Crippen molar-refractivity contribution in [3.8, 4) is 6.07 Å². The molecule has 0 bridgehead atoms. The first-order valence-corrected chi connectivity index (χ1v) is 9.81. The lowest BCUT2D eigenvalue weighted by atomic mass is 10.1. The molecule has 0 atom stereocenters. The number of aromatic nitrogens is 1. The van der Waals surface area contributed by atoms with E-state index in [-0.39, 0.29) is 15.5 Å². The summed E-state index contributed by atoms with van der Waals surface area (Å²) in [6, 6.07) is 5.79. The molecule has 1 aromatic heterocycles. The minimum Gasteiger partial charge on any atom is -0.258 e. The predicted molar refractivity (Wildman–Crippen MR) is 93.5 cm³/mol. The third-order valence-corrected chi connectivity index (χ3v) is 6.00. The van der Waals surface area contributed by atoms with Crippen LogP contribution >= 0.6 is 11.8 Å². The second-order valence-electron chi connectivity index (χ2n) is 5.50. The highest BCUT2D eigenvalue weighted by molar-refractivity contribution is 7.99. The standard InChI is InChI=1S/C16H15N3O4S2/c1-9-10(2)13(8-17)16(18-11(9)3)24-15-6-5-12(25(4,22)23)7-14(15)19(20)21/h5-7H,1-4H3. The summed E-state index contributed by atoms with van der Waals surface area (Å²) in [5.41, 5.74) is 2.41. The van der Waals surface area contributed by atoms with Crippen LogP contribution in [0, 0.1) is 42.2 Å². The summed E-state index contributed by atoms with van der Waals surface area (Å²) in [6.45, 7) is 5.46. The summed E-state index contributed by atoms with van der Waals surface area (Å²) < 4.78 is 23.2. The minimum atomic E-state index is -3.56. The average Bonchev–Trinajstić information content (AvgIpc) is 2.52. The molecule has 7 nitrogen and oxygen atoms in total. The molecule has 9 heteroatoms. The van der Waals surface area contributed by atoms with Crippen molar-refractivity contribution < 1.29 is 13.3 Å². The number of hydrogen-bond donors (Lipinski definition) is 0. The van der Waals surface area contributed by atoms with Gasteiger partial charge in [0.1, 0.15) is 11.1 Å². The topological polar surface area (TPSA) is 114 Å². The molecule has 0 fully saturated rings. The molecule has 2 aromatic rings. The normalized spacial score (nSPS) is 11.2. The maximum absolute atomic E-state index is 11.6. The Morgan fingerprint density at radius 1 is 1.24 bits per heavy atom. The van der Waals surface area contributed by atoms with Gasteiger partial charge in [-0.3, -0.25) is 10.1 Å². The van der Waals surface area contributed by atoms with E-state index in [1.54, 1.807) is 13.8 Å². The van der Waals surface area contributed by atoms with Crippen LogP contribution in [0.2, 0.25) is 0 Å². The zero-order valence-corrected chi connectivity index (χ0v) is 15.7. The molecule has 1 heterocycles. The number of nitrogens with zero attached hydrogens (tertiary/aromatic N) is 3. The molecule has 1 aromatic carbocycles. The first-order chi connectivity index (χ1) is 11.6. The second-order valence-corrected chi connectivity index (χ2v) is 8.55. The van der Waals surface area contributed by atoms with Crippen LogP contribution in [0.3, 0.4) is 0 Å². The predicted octanol–water partition coefficient (Wildman–Crippen LogP) is 3.34. The van der Waals surface area contributed by atoms with Gasteiger partial charge in [-0.05, 0) is 44.0 Å². The van der Waals surface area contributed by atoms with Gasteiger partial charge >= 0.3 is 0 Å². The Hall–Kier alpha value is -2.44. The molecule has 0 aliphatic rings. The van der Waals surface area contributed by atoms with Crippen LogP contribution in [-0.4, -0.2) is 24.6 Å². The van der Waals surface area contributed by atoms with E-state index in [0.717, 1.165) is 40.9 Å². The summed E-state index contributed by atoms with van der Waals surface area (Å²) in [6.07, 6.45) is 0.987. The molecule has 0 unspecified atom stereocenters. The van der Waals surface area contributed by atoms with Gasteiger partial charge in [0.2, 0.25) is 0 Å². The van der Waals surface area contributed by atoms with Gasteiger partial charge in [0, 0.05) is 18.0 Å².